The molecule has 3 rings (SSSR count). The van der Waals surface area contributed by atoms with Gasteiger partial charge < -0.3 is 9.84 Å². The van der Waals surface area contributed by atoms with E-state index in [9.17, 15) is 4.79 Å². The maximum absolute atomic E-state index is 11.1. The molecule has 0 aliphatic rings. The largest absolute Gasteiger partial charge is 0.489 e. The summed E-state index contributed by atoms with van der Waals surface area (Å²) in [5.41, 5.74) is 2.60. The summed E-state index contributed by atoms with van der Waals surface area (Å²) in [6.07, 6.45) is 1.30. The van der Waals surface area contributed by atoms with Crippen molar-refractivity contribution in [3.8, 4) is 23.2 Å². The molecule has 134 valence electrons. The normalized spacial score (nSPS) is 10.3. The van der Waals surface area contributed by atoms with Gasteiger partial charge in [-0.3, -0.25) is 0 Å². The zero-order chi connectivity index (χ0) is 19.4. The number of aryl methyl sites for hydroxylation is 1. The summed E-state index contributed by atoms with van der Waals surface area (Å²) in [7, 11) is 0. The molecule has 6 nitrogen and oxygen atoms in total. The summed E-state index contributed by atoms with van der Waals surface area (Å²) >= 11 is 3.42. The van der Waals surface area contributed by atoms with E-state index >= 15 is 0 Å². The van der Waals surface area contributed by atoms with Gasteiger partial charge in [0.1, 0.15) is 18.4 Å². The number of nitriles is 1. The molecule has 0 aliphatic carbocycles. The van der Waals surface area contributed by atoms with Crippen LogP contribution in [0.25, 0.3) is 11.4 Å². The van der Waals surface area contributed by atoms with Crippen LogP contribution in [0, 0.1) is 18.3 Å². The van der Waals surface area contributed by atoms with E-state index < -0.39 is 5.97 Å². The molecule has 0 saturated carbocycles. The van der Waals surface area contributed by atoms with E-state index in [0.29, 0.717) is 27.3 Å². The Morgan fingerprint density at radius 2 is 2.07 bits per heavy atom. The molecule has 1 N–H and O–H groups in total. The van der Waals surface area contributed by atoms with E-state index in [1.165, 1.54) is 6.20 Å². The summed E-state index contributed by atoms with van der Waals surface area (Å²) in [6.45, 7) is 1.92. The minimum atomic E-state index is -1.05. The molecule has 27 heavy (non-hydrogen) atoms. The minimum absolute atomic E-state index is 0.0772. The smallest absolute Gasteiger partial charge is 0.339 e. The van der Waals surface area contributed by atoms with Crippen molar-refractivity contribution >= 4 is 21.9 Å². The fourth-order valence-electron chi connectivity index (χ4n) is 2.48. The predicted octanol–water partition coefficient (Wildman–Crippen LogP) is 4.36. The Bertz CT molecular complexity index is 1060. The van der Waals surface area contributed by atoms with Gasteiger partial charge in [0.25, 0.3) is 0 Å². The highest BCUT2D eigenvalue weighted by atomic mass is 79.9. The number of ether oxygens (including phenoxy) is 1. The maximum atomic E-state index is 11.1. The molecule has 0 unspecified atom stereocenters. The molecule has 2 aromatic carbocycles. The first-order valence-corrected chi connectivity index (χ1v) is 8.76. The number of rotatable bonds is 5. The third kappa shape index (κ3) is 4.13. The standard InChI is InChI=1S/C20H14BrN3O3/c1-12-17(20(25)26)10-23-19(24-12)13-4-3-7-16(8-13)27-11-15-6-2-5-14(9-22)18(15)21/h2-8,10H,11H2,1H3,(H,25,26). The number of carboxylic acids is 1. The van der Waals surface area contributed by atoms with Crippen molar-refractivity contribution in [2.45, 2.75) is 13.5 Å². The third-order valence-corrected chi connectivity index (χ3v) is 4.83. The van der Waals surface area contributed by atoms with Gasteiger partial charge in [-0.2, -0.15) is 5.26 Å². The second-order valence-electron chi connectivity index (χ2n) is 5.70. The van der Waals surface area contributed by atoms with Crippen LogP contribution in [0.15, 0.2) is 53.1 Å². The van der Waals surface area contributed by atoms with Crippen molar-refractivity contribution in [1.82, 2.24) is 9.97 Å². The van der Waals surface area contributed by atoms with E-state index in [4.69, 9.17) is 15.1 Å². The molecule has 0 spiro atoms. The van der Waals surface area contributed by atoms with Crippen LogP contribution in [-0.4, -0.2) is 21.0 Å². The first kappa shape index (κ1) is 18.5. The highest BCUT2D eigenvalue weighted by molar-refractivity contribution is 9.10. The summed E-state index contributed by atoms with van der Waals surface area (Å²) < 4.78 is 6.55. The zero-order valence-corrected chi connectivity index (χ0v) is 15.9. The van der Waals surface area contributed by atoms with E-state index in [2.05, 4.69) is 32.0 Å². The Hall–Kier alpha value is -3.24. The Labute approximate surface area is 164 Å². The number of benzene rings is 2. The third-order valence-electron chi connectivity index (χ3n) is 3.90. The lowest BCUT2D eigenvalue weighted by molar-refractivity contribution is 0.0695. The van der Waals surface area contributed by atoms with E-state index in [0.717, 1.165) is 11.1 Å². The Morgan fingerprint density at radius 3 is 2.78 bits per heavy atom. The molecule has 0 amide bonds. The van der Waals surface area contributed by atoms with Crippen molar-refractivity contribution in [1.29, 1.82) is 5.26 Å². The van der Waals surface area contributed by atoms with E-state index in [1.54, 1.807) is 25.1 Å². The van der Waals surface area contributed by atoms with Crippen molar-refractivity contribution in [2.75, 3.05) is 0 Å². The summed E-state index contributed by atoms with van der Waals surface area (Å²) in [4.78, 5) is 19.5. The van der Waals surface area contributed by atoms with Gasteiger partial charge in [0.15, 0.2) is 5.82 Å². The molecule has 0 saturated heterocycles. The summed E-state index contributed by atoms with van der Waals surface area (Å²) in [5.74, 6) is -0.0118. The molecular formula is C20H14BrN3O3. The molecule has 7 heteroatoms. The van der Waals surface area contributed by atoms with Crippen LogP contribution >= 0.6 is 15.9 Å². The van der Waals surface area contributed by atoms with Gasteiger partial charge in [0.05, 0.1) is 16.8 Å². The van der Waals surface area contributed by atoms with Gasteiger partial charge in [0, 0.05) is 21.8 Å². The Kier molecular flexibility index (Phi) is 5.48. The van der Waals surface area contributed by atoms with Gasteiger partial charge in [-0.25, -0.2) is 14.8 Å². The maximum Gasteiger partial charge on any atom is 0.339 e. The summed E-state index contributed by atoms with van der Waals surface area (Å²) in [6, 6.07) is 14.8. The number of aromatic nitrogens is 2. The first-order valence-electron chi connectivity index (χ1n) is 7.97. The monoisotopic (exact) mass is 423 g/mol. The number of halogens is 1. The minimum Gasteiger partial charge on any atom is -0.489 e. The van der Waals surface area contributed by atoms with Crippen molar-refractivity contribution in [3.05, 3.63) is 75.5 Å². The topological polar surface area (TPSA) is 96.1 Å². The number of hydrogen-bond donors (Lipinski definition) is 1. The van der Waals surface area contributed by atoms with Crippen LogP contribution in [0.5, 0.6) is 5.75 Å². The van der Waals surface area contributed by atoms with Crippen LogP contribution in [0.4, 0.5) is 0 Å². The van der Waals surface area contributed by atoms with Crippen LogP contribution in [0.1, 0.15) is 27.2 Å². The van der Waals surface area contributed by atoms with Crippen LogP contribution < -0.4 is 4.74 Å². The number of aromatic carboxylic acids is 1. The fourth-order valence-corrected chi connectivity index (χ4v) is 2.95. The summed E-state index contributed by atoms with van der Waals surface area (Å²) in [5, 5.41) is 18.2. The zero-order valence-electron chi connectivity index (χ0n) is 14.3. The van der Waals surface area contributed by atoms with Gasteiger partial charge >= 0.3 is 5.97 Å². The van der Waals surface area contributed by atoms with Crippen LogP contribution in [0.2, 0.25) is 0 Å². The average Bonchev–Trinajstić information content (AvgIpc) is 2.67. The molecular weight excluding hydrogens is 410 g/mol. The molecule has 3 aromatic rings. The molecule has 0 aliphatic heterocycles. The van der Waals surface area contributed by atoms with Crippen LogP contribution in [0.3, 0.4) is 0 Å². The molecule has 0 radical (unpaired) electrons. The Balaban J connectivity index is 1.82. The number of hydrogen-bond acceptors (Lipinski definition) is 5. The first-order chi connectivity index (χ1) is 13.0. The van der Waals surface area contributed by atoms with Gasteiger partial charge in [-0.05, 0) is 41.1 Å². The lowest BCUT2D eigenvalue weighted by Crippen LogP contribution is -2.04. The van der Waals surface area contributed by atoms with Crippen molar-refractivity contribution < 1.29 is 14.6 Å². The van der Waals surface area contributed by atoms with Crippen molar-refractivity contribution in [2.24, 2.45) is 0 Å². The number of carboxylic acid groups (broad SMARTS) is 1. The highest BCUT2D eigenvalue weighted by Crippen LogP contribution is 2.25. The molecule has 1 heterocycles. The SMILES string of the molecule is Cc1nc(-c2cccc(OCc3cccc(C#N)c3Br)c2)ncc1C(=O)O. The van der Waals surface area contributed by atoms with Gasteiger partial charge in [0.2, 0.25) is 0 Å². The Morgan fingerprint density at radius 1 is 1.30 bits per heavy atom. The van der Waals surface area contributed by atoms with Crippen LogP contribution in [-0.2, 0) is 6.61 Å². The second-order valence-corrected chi connectivity index (χ2v) is 6.50. The molecule has 0 atom stereocenters. The average molecular weight is 424 g/mol. The lowest BCUT2D eigenvalue weighted by atomic mass is 10.1. The predicted molar refractivity (Wildman–Crippen MR) is 102 cm³/mol. The molecule has 0 fully saturated rings. The highest BCUT2D eigenvalue weighted by Gasteiger charge is 2.12. The van der Waals surface area contributed by atoms with Gasteiger partial charge in [-0.15, -0.1) is 0 Å². The number of nitrogens with zero attached hydrogens (tertiary/aromatic N) is 3. The molecule has 0 bridgehead atoms. The fraction of sp³-hybridized carbons (Fsp3) is 0.100. The van der Waals surface area contributed by atoms with E-state index in [-0.39, 0.29) is 12.2 Å². The quantitative estimate of drug-likeness (QED) is 0.654. The van der Waals surface area contributed by atoms with Gasteiger partial charge in [-0.1, -0.05) is 24.3 Å². The van der Waals surface area contributed by atoms with Crippen molar-refractivity contribution in [3.63, 3.8) is 0 Å². The molecule has 1 aromatic heterocycles. The number of carbonyl (C=O) groups is 1. The second kappa shape index (κ2) is 7.98. The van der Waals surface area contributed by atoms with E-state index in [1.807, 2.05) is 24.3 Å². The lowest BCUT2D eigenvalue weighted by Gasteiger charge is -2.10.